The van der Waals surface area contributed by atoms with Crippen LogP contribution in [0.15, 0.2) is 78.9 Å². The monoisotopic (exact) mass is 506 g/mol. The third kappa shape index (κ3) is 7.38. The van der Waals surface area contributed by atoms with Crippen molar-refractivity contribution in [3.8, 4) is 5.75 Å². The minimum atomic E-state index is -0.902. The van der Waals surface area contributed by atoms with Gasteiger partial charge in [-0.25, -0.2) is 8.78 Å². The Hall–Kier alpha value is -3.74. The summed E-state index contributed by atoms with van der Waals surface area (Å²) in [4.78, 5) is 28.6. The van der Waals surface area contributed by atoms with Crippen molar-refractivity contribution in [3.63, 3.8) is 0 Å². The molecule has 1 fully saturated rings. The predicted octanol–water partition coefficient (Wildman–Crippen LogP) is 5.43. The van der Waals surface area contributed by atoms with Crippen LogP contribution in [-0.2, 0) is 22.6 Å². The largest absolute Gasteiger partial charge is 0.481 e. The van der Waals surface area contributed by atoms with E-state index >= 15 is 0 Å². The fourth-order valence-corrected chi connectivity index (χ4v) is 4.69. The van der Waals surface area contributed by atoms with E-state index in [4.69, 9.17) is 4.74 Å². The number of benzene rings is 3. The van der Waals surface area contributed by atoms with Gasteiger partial charge >= 0.3 is 0 Å². The number of nitrogens with one attached hydrogen (secondary N) is 1. The molecule has 1 aliphatic rings. The summed E-state index contributed by atoms with van der Waals surface area (Å²) in [5.74, 6) is -1.95. The molecule has 0 aliphatic heterocycles. The zero-order chi connectivity index (χ0) is 26.0. The Morgan fingerprint density at radius 2 is 1.51 bits per heavy atom. The van der Waals surface area contributed by atoms with Gasteiger partial charge in [0.25, 0.3) is 5.91 Å². The molecule has 0 heterocycles. The number of hydrogen-bond donors (Lipinski definition) is 1. The summed E-state index contributed by atoms with van der Waals surface area (Å²) >= 11 is 0. The molecule has 0 bridgehead atoms. The average molecular weight is 507 g/mol. The molecule has 0 unspecified atom stereocenters. The molecule has 0 saturated heterocycles. The lowest BCUT2D eigenvalue weighted by atomic mass is 9.94. The molecule has 7 heteroatoms. The lowest BCUT2D eigenvalue weighted by molar-refractivity contribution is -0.143. The molecule has 1 atom stereocenters. The number of halogens is 2. The minimum Gasteiger partial charge on any atom is -0.481 e. The van der Waals surface area contributed by atoms with Crippen LogP contribution in [0.25, 0.3) is 0 Å². The normalized spacial score (nSPS) is 14.5. The first kappa shape index (κ1) is 26.3. The fourth-order valence-electron chi connectivity index (χ4n) is 4.69. The van der Waals surface area contributed by atoms with Crippen molar-refractivity contribution in [2.45, 2.75) is 57.2 Å². The van der Waals surface area contributed by atoms with E-state index in [1.807, 2.05) is 30.3 Å². The molecular formula is C30H32F2N2O3. The van der Waals surface area contributed by atoms with Crippen molar-refractivity contribution in [3.05, 3.63) is 102 Å². The van der Waals surface area contributed by atoms with Crippen LogP contribution in [0.2, 0.25) is 0 Å². The van der Waals surface area contributed by atoms with E-state index in [-0.39, 0.29) is 36.2 Å². The van der Waals surface area contributed by atoms with Crippen molar-refractivity contribution in [1.29, 1.82) is 0 Å². The number of nitrogens with zero attached hydrogens (tertiary/aromatic N) is 1. The molecule has 1 aliphatic carbocycles. The lowest BCUT2D eigenvalue weighted by Gasteiger charge is -2.33. The summed E-state index contributed by atoms with van der Waals surface area (Å²) in [7, 11) is 0. The van der Waals surface area contributed by atoms with Crippen molar-refractivity contribution < 1.29 is 23.1 Å². The molecule has 37 heavy (non-hydrogen) atoms. The van der Waals surface area contributed by atoms with Gasteiger partial charge in [0, 0.05) is 24.6 Å². The molecule has 194 valence electrons. The highest BCUT2D eigenvalue weighted by Crippen LogP contribution is 2.21. The van der Waals surface area contributed by atoms with Crippen LogP contribution in [0.1, 0.15) is 43.2 Å². The third-order valence-corrected chi connectivity index (χ3v) is 6.71. The molecule has 1 N–H and O–H groups in total. The van der Waals surface area contributed by atoms with E-state index < -0.39 is 30.2 Å². The second kappa shape index (κ2) is 13.0. The van der Waals surface area contributed by atoms with Crippen LogP contribution in [0.4, 0.5) is 8.78 Å². The van der Waals surface area contributed by atoms with Crippen LogP contribution in [0, 0.1) is 11.6 Å². The van der Waals surface area contributed by atoms with E-state index in [0.717, 1.165) is 37.7 Å². The van der Waals surface area contributed by atoms with Crippen LogP contribution in [0.5, 0.6) is 5.75 Å². The van der Waals surface area contributed by atoms with Gasteiger partial charge in [-0.3, -0.25) is 9.59 Å². The van der Waals surface area contributed by atoms with E-state index in [9.17, 15) is 18.4 Å². The molecule has 3 aromatic rings. The summed E-state index contributed by atoms with van der Waals surface area (Å²) < 4.78 is 34.3. The number of ether oxygens (including phenoxy) is 1. The number of hydrogen-bond acceptors (Lipinski definition) is 3. The molecule has 2 amide bonds. The minimum absolute atomic E-state index is 0.0413. The second-order valence-corrected chi connectivity index (χ2v) is 9.38. The predicted molar refractivity (Wildman–Crippen MR) is 138 cm³/mol. The second-order valence-electron chi connectivity index (χ2n) is 9.38. The SMILES string of the molecule is O=C(NC1CCCCC1)[C@@H](Cc1ccccc1)N(Cc1ccccc1F)C(=O)COc1ccccc1F. The summed E-state index contributed by atoms with van der Waals surface area (Å²) in [5.41, 5.74) is 1.15. The quantitative estimate of drug-likeness (QED) is 0.399. The Labute approximate surface area is 216 Å². The highest BCUT2D eigenvalue weighted by molar-refractivity contribution is 5.88. The molecule has 0 radical (unpaired) electrons. The number of para-hydroxylation sites is 1. The molecule has 4 rings (SSSR count). The number of carbonyl (C=O) groups is 2. The van der Waals surface area contributed by atoms with Crippen molar-refractivity contribution in [1.82, 2.24) is 10.2 Å². The first-order valence-corrected chi connectivity index (χ1v) is 12.8. The van der Waals surface area contributed by atoms with Crippen LogP contribution < -0.4 is 10.1 Å². The Bertz CT molecular complexity index is 1180. The maximum absolute atomic E-state index is 14.7. The molecule has 0 spiro atoms. The molecular weight excluding hydrogens is 474 g/mol. The van der Waals surface area contributed by atoms with Crippen LogP contribution in [0.3, 0.4) is 0 Å². The zero-order valence-electron chi connectivity index (χ0n) is 20.7. The highest BCUT2D eigenvalue weighted by Gasteiger charge is 2.32. The van der Waals surface area contributed by atoms with Gasteiger partial charge in [0.2, 0.25) is 5.91 Å². The maximum Gasteiger partial charge on any atom is 0.261 e. The first-order chi connectivity index (χ1) is 18.0. The summed E-state index contributed by atoms with van der Waals surface area (Å²) in [5, 5.41) is 3.13. The maximum atomic E-state index is 14.7. The molecule has 1 saturated carbocycles. The number of rotatable bonds is 10. The Balaban J connectivity index is 1.62. The summed E-state index contributed by atoms with van der Waals surface area (Å²) in [6.07, 6.45) is 5.26. The summed E-state index contributed by atoms with van der Waals surface area (Å²) in [6.45, 7) is -0.612. The highest BCUT2D eigenvalue weighted by atomic mass is 19.1. The van der Waals surface area contributed by atoms with Gasteiger partial charge < -0.3 is 15.0 Å². The van der Waals surface area contributed by atoms with Crippen molar-refractivity contribution in [2.24, 2.45) is 0 Å². The number of amides is 2. The smallest absolute Gasteiger partial charge is 0.261 e. The van der Waals surface area contributed by atoms with E-state index in [0.29, 0.717) is 0 Å². The van der Waals surface area contributed by atoms with Gasteiger partial charge in [0.1, 0.15) is 11.9 Å². The first-order valence-electron chi connectivity index (χ1n) is 12.8. The van der Waals surface area contributed by atoms with Crippen LogP contribution >= 0.6 is 0 Å². The number of carbonyl (C=O) groups excluding carboxylic acids is 2. The standard InChI is InChI=1S/C30H32F2N2O3/c31-25-16-8-7-13-23(25)20-34(29(35)21-37-28-18-10-9-17-26(28)32)27(19-22-11-3-1-4-12-22)30(36)33-24-14-5-2-6-15-24/h1,3-4,7-13,16-18,24,27H,2,5-6,14-15,19-21H2,(H,33,36)/t27-/m1/s1. The molecule has 5 nitrogen and oxygen atoms in total. The van der Waals surface area contributed by atoms with E-state index in [2.05, 4.69) is 5.32 Å². The van der Waals surface area contributed by atoms with Gasteiger partial charge in [-0.2, -0.15) is 0 Å². The van der Waals surface area contributed by atoms with Crippen LogP contribution in [-0.4, -0.2) is 35.4 Å². The Kier molecular flexibility index (Phi) is 9.24. The van der Waals surface area contributed by atoms with Crippen molar-refractivity contribution in [2.75, 3.05) is 6.61 Å². The van der Waals surface area contributed by atoms with Gasteiger partial charge in [-0.1, -0.05) is 79.9 Å². The van der Waals surface area contributed by atoms with Gasteiger partial charge in [-0.15, -0.1) is 0 Å². The lowest BCUT2D eigenvalue weighted by Crippen LogP contribution is -2.53. The van der Waals surface area contributed by atoms with E-state index in [1.165, 1.54) is 29.2 Å². The average Bonchev–Trinajstić information content (AvgIpc) is 2.92. The fraction of sp³-hybridized carbons (Fsp3) is 0.333. The van der Waals surface area contributed by atoms with Gasteiger partial charge in [0.15, 0.2) is 18.2 Å². The summed E-state index contributed by atoms with van der Waals surface area (Å²) in [6, 6.07) is 20.5. The Morgan fingerprint density at radius 1 is 0.865 bits per heavy atom. The van der Waals surface area contributed by atoms with Gasteiger partial charge in [0.05, 0.1) is 0 Å². The topological polar surface area (TPSA) is 58.6 Å². The van der Waals surface area contributed by atoms with E-state index in [1.54, 1.807) is 24.3 Å². The third-order valence-electron chi connectivity index (χ3n) is 6.71. The Morgan fingerprint density at radius 3 is 2.22 bits per heavy atom. The zero-order valence-corrected chi connectivity index (χ0v) is 20.7. The van der Waals surface area contributed by atoms with Gasteiger partial charge in [-0.05, 0) is 36.6 Å². The molecule has 0 aromatic heterocycles. The van der Waals surface area contributed by atoms with Crippen molar-refractivity contribution >= 4 is 11.8 Å². The molecule has 3 aromatic carbocycles.